The van der Waals surface area contributed by atoms with E-state index < -0.39 is 18.2 Å². The largest absolute Gasteiger partial charge is 0.493 e. The third kappa shape index (κ3) is 7.59. The molecule has 3 unspecified atom stereocenters. The first-order chi connectivity index (χ1) is 18.3. The molecule has 38 heavy (non-hydrogen) atoms. The number of nitrogens with one attached hydrogen (secondary N) is 1. The van der Waals surface area contributed by atoms with Gasteiger partial charge in [0.05, 0.1) is 29.9 Å². The molecule has 2 aliphatic rings. The van der Waals surface area contributed by atoms with Crippen molar-refractivity contribution in [2.24, 2.45) is 5.92 Å². The maximum Gasteiger partial charge on any atom is 0.247 e. The second-order valence-corrected chi connectivity index (χ2v) is 10.7. The van der Waals surface area contributed by atoms with Crippen molar-refractivity contribution in [3.63, 3.8) is 0 Å². The molecule has 2 amide bonds. The van der Waals surface area contributed by atoms with Crippen LogP contribution in [0.2, 0.25) is 0 Å². The van der Waals surface area contributed by atoms with Gasteiger partial charge in [-0.25, -0.2) is 0 Å². The minimum atomic E-state index is -1.11. The van der Waals surface area contributed by atoms with E-state index in [4.69, 9.17) is 14.2 Å². The molecule has 4 N–H and O–H groups in total. The van der Waals surface area contributed by atoms with Gasteiger partial charge in [0.2, 0.25) is 11.8 Å². The smallest absolute Gasteiger partial charge is 0.247 e. The molecule has 10 nitrogen and oxygen atoms in total. The molecule has 2 aliphatic carbocycles. The Hall–Kier alpha value is -1.93. The van der Waals surface area contributed by atoms with Crippen molar-refractivity contribution in [1.29, 1.82) is 0 Å². The number of halogens is 1. The average Bonchev–Trinajstić information content (AvgIpc) is 2.88. The number of aliphatic hydroxyl groups is 3. The monoisotopic (exact) mass is 646 g/mol. The summed E-state index contributed by atoms with van der Waals surface area (Å²) in [7, 11) is 1.49. The molecule has 0 aliphatic heterocycles. The van der Waals surface area contributed by atoms with Gasteiger partial charge in [-0.3, -0.25) is 9.59 Å². The third-order valence-corrected chi connectivity index (χ3v) is 7.77. The Morgan fingerprint density at radius 3 is 2.61 bits per heavy atom. The summed E-state index contributed by atoms with van der Waals surface area (Å²) in [5.74, 6) is 0.265. The molecule has 0 bridgehead atoms. The van der Waals surface area contributed by atoms with Crippen LogP contribution in [0, 0.1) is 9.49 Å². The molecule has 0 spiro atoms. The molecule has 1 saturated carbocycles. The number of carbonyl (C=O) groups excluding carboxylic acids is 2. The van der Waals surface area contributed by atoms with Crippen molar-refractivity contribution >= 4 is 34.4 Å². The van der Waals surface area contributed by atoms with Crippen LogP contribution >= 0.6 is 22.6 Å². The molecule has 3 atom stereocenters. The lowest BCUT2D eigenvalue weighted by molar-refractivity contribution is -0.145. The number of carbonyl (C=O) groups is 2. The summed E-state index contributed by atoms with van der Waals surface area (Å²) in [6, 6.07) is 2.72. The van der Waals surface area contributed by atoms with E-state index in [2.05, 4.69) is 27.9 Å². The quantitative estimate of drug-likeness (QED) is 0.177. The first-order valence-electron chi connectivity index (χ1n) is 13.1. The van der Waals surface area contributed by atoms with Gasteiger partial charge in [-0.2, -0.15) is 0 Å². The second kappa shape index (κ2) is 15.0. The Labute approximate surface area is 237 Å². The number of benzene rings is 1. The van der Waals surface area contributed by atoms with E-state index in [1.54, 1.807) is 23.1 Å². The Morgan fingerprint density at radius 2 is 2.00 bits per heavy atom. The molecule has 0 radical (unpaired) electrons. The van der Waals surface area contributed by atoms with E-state index in [1.807, 2.05) is 6.92 Å². The molecule has 0 heterocycles. The minimum Gasteiger partial charge on any atom is -0.493 e. The van der Waals surface area contributed by atoms with E-state index in [0.717, 1.165) is 19.3 Å². The molecule has 1 fully saturated rings. The number of nitrogens with zero attached hydrogens (tertiary/aromatic N) is 1. The van der Waals surface area contributed by atoms with E-state index >= 15 is 0 Å². The van der Waals surface area contributed by atoms with Gasteiger partial charge in [0.25, 0.3) is 0 Å². The van der Waals surface area contributed by atoms with Crippen molar-refractivity contribution in [2.75, 3.05) is 40.0 Å². The van der Waals surface area contributed by atoms with Gasteiger partial charge in [0.15, 0.2) is 11.5 Å². The zero-order valence-corrected chi connectivity index (χ0v) is 24.2. The molecule has 3 rings (SSSR count). The number of ether oxygens (including phenoxy) is 3. The Kier molecular flexibility index (Phi) is 12.1. The zero-order chi connectivity index (χ0) is 27.7. The van der Waals surface area contributed by atoms with Crippen LogP contribution in [0.5, 0.6) is 11.5 Å². The topological polar surface area (TPSA) is 138 Å². The fourth-order valence-corrected chi connectivity index (χ4v) is 5.50. The molecule has 1 aromatic carbocycles. The van der Waals surface area contributed by atoms with Crippen LogP contribution in [0.4, 0.5) is 0 Å². The van der Waals surface area contributed by atoms with Gasteiger partial charge in [0, 0.05) is 44.2 Å². The highest BCUT2D eigenvalue weighted by Gasteiger charge is 2.42. The Balaban J connectivity index is 1.95. The highest BCUT2D eigenvalue weighted by Crippen LogP contribution is 2.38. The lowest BCUT2D eigenvalue weighted by atomic mass is 9.82. The van der Waals surface area contributed by atoms with Crippen LogP contribution in [0.15, 0.2) is 23.8 Å². The van der Waals surface area contributed by atoms with Gasteiger partial charge in [-0.1, -0.05) is 6.42 Å². The predicted molar refractivity (Wildman–Crippen MR) is 149 cm³/mol. The Morgan fingerprint density at radius 1 is 1.24 bits per heavy atom. The van der Waals surface area contributed by atoms with Crippen LogP contribution in [0.3, 0.4) is 0 Å². The van der Waals surface area contributed by atoms with Crippen molar-refractivity contribution in [2.45, 2.75) is 63.9 Å². The summed E-state index contributed by atoms with van der Waals surface area (Å²) in [6.45, 7) is 3.07. The fraction of sp³-hybridized carbons (Fsp3) is 0.630. The summed E-state index contributed by atoms with van der Waals surface area (Å²) in [5, 5.41) is 33.0. The number of hydrogen-bond acceptors (Lipinski definition) is 8. The summed E-state index contributed by atoms with van der Waals surface area (Å²) in [6.07, 6.45) is 2.90. The van der Waals surface area contributed by atoms with Gasteiger partial charge in [-0.05, 0) is 72.5 Å². The Bertz CT molecular complexity index is 984. The van der Waals surface area contributed by atoms with Crippen LogP contribution in [-0.4, -0.2) is 90.3 Å². The lowest BCUT2D eigenvalue weighted by Crippen LogP contribution is -2.57. The first-order valence-corrected chi connectivity index (χ1v) is 14.2. The van der Waals surface area contributed by atoms with Gasteiger partial charge in [-0.15, -0.1) is 0 Å². The average molecular weight is 647 g/mol. The van der Waals surface area contributed by atoms with Crippen molar-refractivity contribution in [3.05, 3.63) is 32.9 Å². The normalized spacial score (nSPS) is 21.3. The summed E-state index contributed by atoms with van der Waals surface area (Å²) >= 11 is 2.07. The zero-order valence-electron chi connectivity index (χ0n) is 22.0. The highest BCUT2D eigenvalue weighted by molar-refractivity contribution is 14.1. The van der Waals surface area contributed by atoms with Crippen LogP contribution in [0.1, 0.15) is 44.6 Å². The summed E-state index contributed by atoms with van der Waals surface area (Å²) in [4.78, 5) is 28.2. The van der Waals surface area contributed by atoms with Crippen LogP contribution < -0.4 is 14.8 Å². The van der Waals surface area contributed by atoms with Gasteiger partial charge >= 0.3 is 0 Å². The van der Waals surface area contributed by atoms with E-state index in [1.165, 1.54) is 7.11 Å². The number of hydrogen-bond donors (Lipinski definition) is 4. The van der Waals surface area contributed by atoms with Crippen LogP contribution in [0.25, 0.3) is 0 Å². The van der Waals surface area contributed by atoms with Crippen molar-refractivity contribution in [3.8, 4) is 11.5 Å². The predicted octanol–water partition coefficient (Wildman–Crippen LogP) is 1.76. The van der Waals surface area contributed by atoms with E-state index in [9.17, 15) is 24.9 Å². The van der Waals surface area contributed by atoms with Crippen molar-refractivity contribution in [1.82, 2.24) is 10.2 Å². The number of rotatable bonds is 14. The molecular formula is C27H39IN2O8. The maximum absolute atomic E-state index is 13.5. The SMILES string of the molecule is CCOCCCN(C(=O)C1CCC1)C1CC(C(=O)NCCO)=CC(Oc2c(I)cc(CO)cc2OC)C1O. The van der Waals surface area contributed by atoms with Crippen LogP contribution in [-0.2, 0) is 20.9 Å². The second-order valence-electron chi connectivity index (χ2n) is 9.49. The third-order valence-electron chi connectivity index (χ3n) is 6.97. The molecule has 1 aromatic rings. The fourth-order valence-electron chi connectivity index (χ4n) is 4.70. The molecule has 11 heteroatoms. The number of methoxy groups -OCH3 is 1. The first kappa shape index (κ1) is 30.6. The summed E-state index contributed by atoms with van der Waals surface area (Å²) < 4.78 is 17.9. The number of aliphatic hydroxyl groups excluding tert-OH is 3. The van der Waals surface area contributed by atoms with Gasteiger partial charge < -0.3 is 39.7 Å². The lowest BCUT2D eigenvalue weighted by Gasteiger charge is -2.43. The number of amides is 2. The van der Waals surface area contributed by atoms with E-state index in [-0.39, 0.29) is 43.9 Å². The maximum atomic E-state index is 13.5. The standard InChI is InChI=1S/C27H39IN2O8/c1-3-37-11-5-9-30(27(35)18-6-4-7-18)21-14-19(26(34)29-8-10-31)15-22(24(21)33)38-25-20(28)12-17(16-32)13-23(25)36-2/h12-13,15,18,21-22,24,31-33H,3-11,14,16H2,1-2H3,(H,29,34). The molecule has 0 aromatic heterocycles. The van der Waals surface area contributed by atoms with E-state index in [0.29, 0.717) is 52.4 Å². The molecular weight excluding hydrogens is 607 g/mol. The van der Waals surface area contributed by atoms with Crippen molar-refractivity contribution < 1.29 is 39.1 Å². The summed E-state index contributed by atoms with van der Waals surface area (Å²) in [5.41, 5.74) is 1.02. The molecule has 0 saturated heterocycles. The highest BCUT2D eigenvalue weighted by atomic mass is 127. The minimum absolute atomic E-state index is 0.0213. The van der Waals surface area contributed by atoms with Gasteiger partial charge in [0.1, 0.15) is 12.2 Å². The molecule has 212 valence electrons.